The van der Waals surface area contributed by atoms with Gasteiger partial charge in [0, 0.05) is 17.5 Å². The van der Waals surface area contributed by atoms with E-state index >= 15 is 0 Å². The Bertz CT molecular complexity index is 1250. The molecule has 5 rings (SSSR count). The molecule has 4 aromatic rings. The van der Waals surface area contributed by atoms with E-state index in [1.54, 1.807) is 11.3 Å². The van der Waals surface area contributed by atoms with Crippen molar-refractivity contribution in [1.29, 1.82) is 0 Å². The average molecular weight is 410 g/mol. The lowest BCUT2D eigenvalue weighted by atomic mass is 10.1. The van der Waals surface area contributed by atoms with Crippen LogP contribution in [0.4, 0.5) is 0 Å². The van der Waals surface area contributed by atoms with Crippen molar-refractivity contribution in [2.75, 3.05) is 0 Å². The van der Waals surface area contributed by atoms with Gasteiger partial charge in [-0.05, 0) is 37.8 Å². The zero-order valence-corrected chi connectivity index (χ0v) is 17.3. The van der Waals surface area contributed by atoms with Gasteiger partial charge in [-0.1, -0.05) is 35.5 Å². The molecule has 0 saturated carbocycles. The van der Waals surface area contributed by atoms with Crippen molar-refractivity contribution in [2.45, 2.75) is 37.1 Å². The molecule has 1 N–H and O–H groups in total. The summed E-state index contributed by atoms with van der Waals surface area (Å²) in [6, 6.07) is 8.22. The third-order valence-electron chi connectivity index (χ3n) is 5.07. The molecule has 3 heterocycles. The third-order valence-corrected chi connectivity index (χ3v) is 7.29. The van der Waals surface area contributed by atoms with Gasteiger partial charge in [-0.3, -0.25) is 4.79 Å². The highest BCUT2D eigenvalue weighted by Crippen LogP contribution is 2.34. The van der Waals surface area contributed by atoms with E-state index in [9.17, 15) is 4.79 Å². The Morgan fingerprint density at radius 1 is 1.29 bits per heavy atom. The smallest absolute Gasteiger partial charge is 0.259 e. The van der Waals surface area contributed by atoms with Gasteiger partial charge in [0.1, 0.15) is 10.7 Å². The van der Waals surface area contributed by atoms with Gasteiger partial charge in [-0.25, -0.2) is 4.98 Å². The van der Waals surface area contributed by atoms with E-state index < -0.39 is 0 Å². The predicted octanol–water partition coefficient (Wildman–Crippen LogP) is 3.87. The molecular weight excluding hydrogens is 390 g/mol. The number of nitrogens with zero attached hydrogens (tertiary/aromatic N) is 4. The summed E-state index contributed by atoms with van der Waals surface area (Å²) in [6.07, 6.45) is 3.21. The summed E-state index contributed by atoms with van der Waals surface area (Å²) in [5.41, 5.74) is 3.43. The van der Waals surface area contributed by atoms with Crippen LogP contribution in [-0.2, 0) is 25.6 Å². The van der Waals surface area contributed by atoms with Crippen LogP contribution < -0.4 is 5.56 Å². The number of nitrogens with one attached hydrogen (secondary N) is 1. The van der Waals surface area contributed by atoms with E-state index in [1.807, 2.05) is 23.7 Å². The molecule has 0 unspecified atom stereocenters. The lowest BCUT2D eigenvalue weighted by molar-refractivity contribution is 0.793. The summed E-state index contributed by atoms with van der Waals surface area (Å²) < 4.78 is 1.98. The number of aryl methyl sites for hydroxylation is 3. The fraction of sp³-hybridized carbons (Fsp3) is 0.300. The molecule has 0 radical (unpaired) electrons. The summed E-state index contributed by atoms with van der Waals surface area (Å²) in [6.45, 7) is 2.06. The van der Waals surface area contributed by atoms with Crippen LogP contribution in [0, 0.1) is 6.92 Å². The minimum atomic E-state index is -0.0154. The lowest BCUT2D eigenvalue weighted by Gasteiger charge is -2.05. The molecule has 8 heteroatoms. The predicted molar refractivity (Wildman–Crippen MR) is 113 cm³/mol. The molecular formula is C20H19N5OS2. The Morgan fingerprint density at radius 3 is 3.04 bits per heavy atom. The van der Waals surface area contributed by atoms with Gasteiger partial charge in [0.15, 0.2) is 11.0 Å². The standard InChI is InChI=1S/C20H19N5OS2/c1-11-5-3-6-12(9-11)17-23-24-20(25(17)2)27-10-15-21-18(26)16-13-7-4-8-14(13)28-19(16)22-15/h3,5-6,9H,4,7-8,10H2,1-2H3,(H,21,22,26). The Morgan fingerprint density at radius 2 is 2.18 bits per heavy atom. The number of thioether (sulfide) groups is 1. The summed E-state index contributed by atoms with van der Waals surface area (Å²) in [5, 5.41) is 10.3. The van der Waals surface area contributed by atoms with E-state index in [4.69, 9.17) is 4.98 Å². The first-order valence-electron chi connectivity index (χ1n) is 9.23. The number of H-pyrrole nitrogens is 1. The molecule has 28 heavy (non-hydrogen) atoms. The van der Waals surface area contributed by atoms with Gasteiger partial charge < -0.3 is 9.55 Å². The number of hydrogen-bond acceptors (Lipinski definition) is 6. The van der Waals surface area contributed by atoms with E-state index in [-0.39, 0.29) is 5.56 Å². The average Bonchev–Trinajstić information content (AvgIpc) is 3.34. The largest absolute Gasteiger partial charge is 0.309 e. The van der Waals surface area contributed by atoms with Crippen molar-refractivity contribution in [3.8, 4) is 11.4 Å². The molecule has 0 amide bonds. The second-order valence-electron chi connectivity index (χ2n) is 7.07. The van der Waals surface area contributed by atoms with Crippen LogP contribution >= 0.6 is 23.1 Å². The van der Waals surface area contributed by atoms with Crippen molar-refractivity contribution < 1.29 is 0 Å². The van der Waals surface area contributed by atoms with Crippen LogP contribution in [0.15, 0.2) is 34.2 Å². The minimum Gasteiger partial charge on any atom is -0.309 e. The molecule has 0 bridgehead atoms. The molecule has 0 atom stereocenters. The summed E-state index contributed by atoms with van der Waals surface area (Å²) >= 11 is 3.20. The summed E-state index contributed by atoms with van der Waals surface area (Å²) in [5.74, 6) is 2.06. The monoisotopic (exact) mass is 409 g/mol. The van der Waals surface area contributed by atoms with Crippen LogP contribution in [0.25, 0.3) is 21.6 Å². The molecule has 1 aliphatic rings. The quantitative estimate of drug-likeness (QED) is 0.518. The maximum atomic E-state index is 12.6. The first-order chi connectivity index (χ1) is 13.6. The highest BCUT2D eigenvalue weighted by molar-refractivity contribution is 7.98. The summed E-state index contributed by atoms with van der Waals surface area (Å²) in [7, 11) is 1.96. The van der Waals surface area contributed by atoms with Crippen LogP contribution in [0.5, 0.6) is 0 Å². The van der Waals surface area contributed by atoms with E-state index in [0.717, 1.165) is 46.0 Å². The molecule has 0 fully saturated rings. The fourth-order valence-electron chi connectivity index (χ4n) is 3.72. The lowest BCUT2D eigenvalue weighted by Crippen LogP contribution is -2.11. The topological polar surface area (TPSA) is 76.5 Å². The number of aromatic amines is 1. The van der Waals surface area contributed by atoms with Gasteiger partial charge in [0.25, 0.3) is 5.56 Å². The number of rotatable bonds is 4. The van der Waals surface area contributed by atoms with Crippen LogP contribution in [-0.4, -0.2) is 24.7 Å². The third kappa shape index (κ3) is 2.97. The van der Waals surface area contributed by atoms with Gasteiger partial charge in [0.05, 0.1) is 11.1 Å². The van der Waals surface area contributed by atoms with Crippen LogP contribution in [0.3, 0.4) is 0 Å². The Kier molecular flexibility index (Phi) is 4.32. The molecule has 0 spiro atoms. The van der Waals surface area contributed by atoms with Crippen molar-refractivity contribution in [3.63, 3.8) is 0 Å². The van der Waals surface area contributed by atoms with Crippen LogP contribution in [0.1, 0.15) is 28.2 Å². The van der Waals surface area contributed by atoms with Gasteiger partial charge >= 0.3 is 0 Å². The minimum absolute atomic E-state index is 0.0154. The molecule has 1 aliphatic carbocycles. The Labute approximate surface area is 170 Å². The number of hydrogen-bond donors (Lipinski definition) is 1. The normalized spacial score (nSPS) is 13.4. The molecule has 142 valence electrons. The van der Waals surface area contributed by atoms with E-state index in [2.05, 4.69) is 34.2 Å². The van der Waals surface area contributed by atoms with Gasteiger partial charge in [-0.15, -0.1) is 21.5 Å². The molecule has 1 aromatic carbocycles. The molecule has 0 saturated heterocycles. The van der Waals surface area contributed by atoms with Gasteiger partial charge in [0.2, 0.25) is 0 Å². The highest BCUT2D eigenvalue weighted by Gasteiger charge is 2.21. The number of aromatic nitrogens is 5. The zero-order valence-electron chi connectivity index (χ0n) is 15.7. The van der Waals surface area contributed by atoms with Crippen molar-refractivity contribution in [2.24, 2.45) is 7.05 Å². The molecule has 3 aromatic heterocycles. The summed E-state index contributed by atoms with van der Waals surface area (Å²) in [4.78, 5) is 22.4. The van der Waals surface area contributed by atoms with Crippen LogP contribution in [0.2, 0.25) is 0 Å². The van der Waals surface area contributed by atoms with Crippen molar-refractivity contribution in [1.82, 2.24) is 24.7 Å². The second kappa shape index (κ2) is 6.86. The van der Waals surface area contributed by atoms with Gasteiger partial charge in [-0.2, -0.15) is 0 Å². The number of benzene rings is 1. The van der Waals surface area contributed by atoms with Crippen molar-refractivity contribution in [3.05, 3.63) is 56.4 Å². The second-order valence-corrected chi connectivity index (χ2v) is 9.10. The highest BCUT2D eigenvalue weighted by atomic mass is 32.2. The molecule has 0 aliphatic heterocycles. The van der Waals surface area contributed by atoms with E-state index in [1.165, 1.54) is 27.8 Å². The first kappa shape index (κ1) is 17.6. The Hall–Kier alpha value is -2.45. The maximum absolute atomic E-state index is 12.6. The maximum Gasteiger partial charge on any atom is 0.259 e. The fourth-order valence-corrected chi connectivity index (χ4v) is 5.79. The van der Waals surface area contributed by atoms with Crippen molar-refractivity contribution >= 4 is 33.3 Å². The zero-order chi connectivity index (χ0) is 19.3. The molecule has 6 nitrogen and oxygen atoms in total. The number of thiophene rings is 1. The first-order valence-corrected chi connectivity index (χ1v) is 11.0. The van der Waals surface area contributed by atoms with E-state index in [0.29, 0.717) is 11.6 Å². The SMILES string of the molecule is Cc1cccc(-c2nnc(SCc3nc4sc5c(c4c(=O)[nH]3)CCC5)n2C)c1. The number of fused-ring (bicyclic) bond motifs is 3. The Balaban J connectivity index is 1.40.